The monoisotopic (exact) mass is 426 g/mol. The third-order valence-electron chi connectivity index (χ3n) is 4.05. The zero-order chi connectivity index (χ0) is 21.2. The van der Waals surface area contributed by atoms with Crippen LogP contribution in [0.15, 0.2) is 54.6 Å². The number of methoxy groups -OCH3 is 1. The van der Waals surface area contributed by atoms with Gasteiger partial charge in [-0.2, -0.15) is 0 Å². The summed E-state index contributed by atoms with van der Waals surface area (Å²) >= 11 is 1.12. The summed E-state index contributed by atoms with van der Waals surface area (Å²) in [5.74, 6) is 0.142. The van der Waals surface area contributed by atoms with Gasteiger partial charge in [-0.05, 0) is 36.2 Å². The summed E-state index contributed by atoms with van der Waals surface area (Å²) in [5, 5.41) is 14.1. The molecule has 2 N–H and O–H groups in total. The highest BCUT2D eigenvalue weighted by Crippen LogP contribution is 2.17. The van der Waals surface area contributed by atoms with Crippen molar-refractivity contribution in [1.29, 1.82) is 0 Å². The standard InChI is InChI=1S/C21H22N4O4S/c1-28-17-9-7-16(8-10-17)23-20(27)21-25-24-19(30-21)14-29-13-18(26)22-12-11-15-5-3-2-4-6-15/h2-10H,11-14H2,1H3,(H,22,26)(H,23,27). The lowest BCUT2D eigenvalue weighted by atomic mass is 10.1. The van der Waals surface area contributed by atoms with Crippen molar-refractivity contribution in [2.75, 3.05) is 25.6 Å². The van der Waals surface area contributed by atoms with Gasteiger partial charge in [0.15, 0.2) is 0 Å². The summed E-state index contributed by atoms with van der Waals surface area (Å²) in [4.78, 5) is 24.1. The number of amides is 2. The Morgan fingerprint density at radius 1 is 1.03 bits per heavy atom. The third kappa shape index (κ3) is 6.64. The number of nitrogens with one attached hydrogen (secondary N) is 2. The van der Waals surface area contributed by atoms with Crippen LogP contribution in [0.25, 0.3) is 0 Å². The molecule has 8 nitrogen and oxygen atoms in total. The number of nitrogens with zero attached hydrogens (tertiary/aromatic N) is 2. The zero-order valence-corrected chi connectivity index (χ0v) is 17.3. The number of rotatable bonds is 10. The fourth-order valence-corrected chi connectivity index (χ4v) is 3.21. The summed E-state index contributed by atoms with van der Waals surface area (Å²) < 4.78 is 10.5. The van der Waals surface area contributed by atoms with Gasteiger partial charge < -0.3 is 20.1 Å². The second-order valence-electron chi connectivity index (χ2n) is 6.26. The quantitative estimate of drug-likeness (QED) is 0.517. The molecular weight excluding hydrogens is 404 g/mol. The summed E-state index contributed by atoms with van der Waals surface area (Å²) in [5.41, 5.74) is 1.79. The minimum absolute atomic E-state index is 0.0816. The zero-order valence-electron chi connectivity index (χ0n) is 16.5. The van der Waals surface area contributed by atoms with Crippen LogP contribution in [-0.4, -0.2) is 42.3 Å². The smallest absolute Gasteiger partial charge is 0.286 e. The Labute approximate surface area is 178 Å². The summed E-state index contributed by atoms with van der Waals surface area (Å²) in [6.45, 7) is 0.571. The molecule has 2 aromatic carbocycles. The lowest BCUT2D eigenvalue weighted by Gasteiger charge is -2.05. The number of anilines is 1. The molecule has 0 aliphatic rings. The van der Waals surface area contributed by atoms with Crippen molar-refractivity contribution in [3.8, 4) is 5.75 Å². The van der Waals surface area contributed by atoms with E-state index < -0.39 is 0 Å². The second-order valence-corrected chi connectivity index (χ2v) is 7.32. The van der Waals surface area contributed by atoms with Crippen LogP contribution in [0, 0.1) is 0 Å². The molecule has 156 valence electrons. The van der Waals surface area contributed by atoms with E-state index in [0.29, 0.717) is 23.0 Å². The van der Waals surface area contributed by atoms with Crippen molar-refractivity contribution in [1.82, 2.24) is 15.5 Å². The Balaban J connectivity index is 1.37. The highest BCUT2D eigenvalue weighted by atomic mass is 32.1. The van der Waals surface area contributed by atoms with Crippen LogP contribution in [0.1, 0.15) is 20.4 Å². The Morgan fingerprint density at radius 2 is 1.80 bits per heavy atom. The number of benzene rings is 2. The van der Waals surface area contributed by atoms with Crippen molar-refractivity contribution < 1.29 is 19.1 Å². The first-order chi connectivity index (χ1) is 14.6. The molecule has 0 unspecified atom stereocenters. The molecule has 0 radical (unpaired) electrons. The molecule has 2 amide bonds. The van der Waals surface area contributed by atoms with E-state index in [9.17, 15) is 9.59 Å². The fraction of sp³-hybridized carbons (Fsp3) is 0.238. The Morgan fingerprint density at radius 3 is 2.53 bits per heavy atom. The van der Waals surface area contributed by atoms with E-state index in [-0.39, 0.29) is 30.0 Å². The topological polar surface area (TPSA) is 102 Å². The molecule has 0 saturated carbocycles. The van der Waals surface area contributed by atoms with Gasteiger partial charge in [0, 0.05) is 12.2 Å². The van der Waals surface area contributed by atoms with Gasteiger partial charge in [-0.25, -0.2) is 0 Å². The van der Waals surface area contributed by atoms with Crippen LogP contribution in [0.3, 0.4) is 0 Å². The molecular formula is C21H22N4O4S. The van der Waals surface area contributed by atoms with Gasteiger partial charge in [0.2, 0.25) is 10.9 Å². The fourth-order valence-electron chi connectivity index (χ4n) is 2.54. The molecule has 1 heterocycles. The van der Waals surface area contributed by atoms with E-state index in [1.807, 2.05) is 30.3 Å². The average molecular weight is 426 g/mol. The molecule has 0 atom stereocenters. The van der Waals surface area contributed by atoms with E-state index in [2.05, 4.69) is 20.8 Å². The summed E-state index contributed by atoms with van der Waals surface area (Å²) in [6.07, 6.45) is 0.760. The summed E-state index contributed by atoms with van der Waals surface area (Å²) in [7, 11) is 1.58. The Kier molecular flexibility index (Phi) is 7.87. The third-order valence-corrected chi connectivity index (χ3v) is 4.94. The first-order valence-electron chi connectivity index (χ1n) is 9.30. The largest absolute Gasteiger partial charge is 0.497 e. The maximum absolute atomic E-state index is 12.3. The predicted octanol–water partition coefficient (Wildman–Crippen LogP) is 2.67. The second kappa shape index (κ2) is 11.0. The average Bonchev–Trinajstić information content (AvgIpc) is 3.24. The van der Waals surface area contributed by atoms with Crippen molar-refractivity contribution in [3.63, 3.8) is 0 Å². The van der Waals surface area contributed by atoms with Crippen LogP contribution >= 0.6 is 11.3 Å². The van der Waals surface area contributed by atoms with E-state index in [4.69, 9.17) is 9.47 Å². The molecule has 0 saturated heterocycles. The van der Waals surface area contributed by atoms with E-state index in [1.165, 1.54) is 0 Å². The summed E-state index contributed by atoms with van der Waals surface area (Å²) in [6, 6.07) is 16.9. The van der Waals surface area contributed by atoms with Crippen LogP contribution in [0.5, 0.6) is 5.75 Å². The van der Waals surface area contributed by atoms with Crippen LogP contribution in [0.4, 0.5) is 5.69 Å². The van der Waals surface area contributed by atoms with Gasteiger partial charge in [-0.1, -0.05) is 41.7 Å². The molecule has 0 bridgehead atoms. The lowest BCUT2D eigenvalue weighted by molar-refractivity contribution is -0.126. The maximum atomic E-state index is 12.3. The minimum Gasteiger partial charge on any atom is -0.497 e. The van der Waals surface area contributed by atoms with Crippen LogP contribution < -0.4 is 15.4 Å². The maximum Gasteiger partial charge on any atom is 0.286 e. The molecule has 9 heteroatoms. The van der Waals surface area contributed by atoms with E-state index >= 15 is 0 Å². The van der Waals surface area contributed by atoms with Gasteiger partial charge in [0.25, 0.3) is 5.91 Å². The number of carbonyl (C=O) groups excluding carboxylic acids is 2. The molecule has 0 aliphatic carbocycles. The normalized spacial score (nSPS) is 10.4. The van der Waals surface area contributed by atoms with Gasteiger partial charge in [0.05, 0.1) is 7.11 Å². The minimum atomic E-state index is -0.359. The van der Waals surface area contributed by atoms with Crippen molar-refractivity contribution in [2.24, 2.45) is 0 Å². The highest BCUT2D eigenvalue weighted by molar-refractivity contribution is 7.13. The molecule has 0 aliphatic heterocycles. The van der Waals surface area contributed by atoms with E-state index in [1.54, 1.807) is 31.4 Å². The van der Waals surface area contributed by atoms with Gasteiger partial charge in [-0.3, -0.25) is 9.59 Å². The molecule has 0 fully saturated rings. The van der Waals surface area contributed by atoms with Crippen LogP contribution in [-0.2, 0) is 22.6 Å². The Bertz CT molecular complexity index is 961. The number of aromatic nitrogens is 2. The molecule has 1 aromatic heterocycles. The van der Waals surface area contributed by atoms with Gasteiger partial charge in [0.1, 0.15) is 24.0 Å². The van der Waals surface area contributed by atoms with Crippen LogP contribution in [0.2, 0.25) is 0 Å². The van der Waals surface area contributed by atoms with Crippen molar-refractivity contribution in [3.05, 3.63) is 70.2 Å². The predicted molar refractivity (Wildman–Crippen MR) is 114 cm³/mol. The SMILES string of the molecule is COc1ccc(NC(=O)c2nnc(COCC(=O)NCCc3ccccc3)s2)cc1. The first kappa shape index (κ1) is 21.4. The van der Waals surface area contributed by atoms with Crippen molar-refractivity contribution in [2.45, 2.75) is 13.0 Å². The number of hydrogen-bond donors (Lipinski definition) is 2. The molecule has 3 aromatic rings. The number of hydrogen-bond acceptors (Lipinski definition) is 7. The molecule has 30 heavy (non-hydrogen) atoms. The molecule has 0 spiro atoms. The first-order valence-corrected chi connectivity index (χ1v) is 10.1. The molecule has 3 rings (SSSR count). The van der Waals surface area contributed by atoms with Gasteiger partial charge in [-0.15, -0.1) is 10.2 Å². The highest BCUT2D eigenvalue weighted by Gasteiger charge is 2.13. The number of ether oxygens (including phenoxy) is 2. The van der Waals surface area contributed by atoms with Crippen molar-refractivity contribution >= 4 is 28.8 Å². The lowest BCUT2D eigenvalue weighted by Crippen LogP contribution is -2.29. The van der Waals surface area contributed by atoms with E-state index in [0.717, 1.165) is 23.3 Å². The number of carbonyl (C=O) groups is 2. The van der Waals surface area contributed by atoms with Gasteiger partial charge >= 0.3 is 0 Å². The Hall–Kier alpha value is -3.30.